The smallest absolute Gasteiger partial charge is 0.407 e. The fourth-order valence-electron chi connectivity index (χ4n) is 2.09. The molecular weight excluding hydrogens is 338 g/mol. The molecule has 5 N–H and O–H groups in total. The standard InChI is InChI=1S/C18H25N3O5/c1-12(2)8-15(17(19)24)21-16(23)9-14(22)10-20-18(25)26-11-13-6-4-3-5-7-13/h3-7,14-15,22H,1,8-11H2,2H3,(H2,19,24)(H,20,25)(H,21,23)/t14-,15-/m1/s1. The van der Waals surface area contributed by atoms with Gasteiger partial charge in [0.1, 0.15) is 12.6 Å². The number of hydrogen-bond acceptors (Lipinski definition) is 5. The monoisotopic (exact) mass is 363 g/mol. The number of benzene rings is 1. The van der Waals surface area contributed by atoms with Crippen molar-refractivity contribution in [3.8, 4) is 0 Å². The Kier molecular flexibility index (Phi) is 8.86. The topological polar surface area (TPSA) is 131 Å². The first-order valence-corrected chi connectivity index (χ1v) is 8.13. The van der Waals surface area contributed by atoms with Gasteiger partial charge in [0.2, 0.25) is 11.8 Å². The predicted octanol–water partition coefficient (Wildman–Crippen LogP) is 0.600. The Morgan fingerprint density at radius 3 is 2.46 bits per heavy atom. The van der Waals surface area contributed by atoms with E-state index in [1.54, 1.807) is 6.92 Å². The Labute approximate surface area is 152 Å². The van der Waals surface area contributed by atoms with E-state index < -0.39 is 30.1 Å². The number of primary amides is 1. The van der Waals surface area contributed by atoms with E-state index in [-0.39, 0.29) is 26.0 Å². The zero-order valence-corrected chi connectivity index (χ0v) is 14.7. The van der Waals surface area contributed by atoms with Crippen LogP contribution in [0.15, 0.2) is 42.5 Å². The molecule has 0 saturated heterocycles. The first-order chi connectivity index (χ1) is 12.3. The molecular formula is C18H25N3O5. The summed E-state index contributed by atoms with van der Waals surface area (Å²) in [5.74, 6) is -1.24. The Balaban J connectivity index is 2.30. The van der Waals surface area contributed by atoms with Crippen LogP contribution in [0.4, 0.5) is 4.79 Å². The summed E-state index contributed by atoms with van der Waals surface area (Å²) < 4.78 is 4.99. The van der Waals surface area contributed by atoms with Crippen molar-refractivity contribution in [1.29, 1.82) is 0 Å². The number of hydrogen-bond donors (Lipinski definition) is 4. The van der Waals surface area contributed by atoms with E-state index in [1.807, 2.05) is 30.3 Å². The molecule has 0 fully saturated rings. The van der Waals surface area contributed by atoms with E-state index in [0.29, 0.717) is 5.57 Å². The first-order valence-electron chi connectivity index (χ1n) is 8.13. The number of carbonyl (C=O) groups is 3. The number of nitrogens with two attached hydrogens (primary N) is 1. The van der Waals surface area contributed by atoms with E-state index in [1.165, 1.54) is 0 Å². The van der Waals surface area contributed by atoms with Crippen molar-refractivity contribution in [2.75, 3.05) is 6.54 Å². The lowest BCUT2D eigenvalue weighted by Crippen LogP contribution is -2.46. The van der Waals surface area contributed by atoms with E-state index in [2.05, 4.69) is 17.2 Å². The molecule has 0 aliphatic rings. The van der Waals surface area contributed by atoms with Gasteiger partial charge in [0, 0.05) is 6.54 Å². The molecule has 0 bridgehead atoms. The number of nitrogens with one attached hydrogen (secondary N) is 2. The van der Waals surface area contributed by atoms with Crippen LogP contribution in [-0.2, 0) is 20.9 Å². The van der Waals surface area contributed by atoms with Gasteiger partial charge in [-0.2, -0.15) is 0 Å². The van der Waals surface area contributed by atoms with Crippen molar-refractivity contribution < 1.29 is 24.2 Å². The third-order valence-electron chi connectivity index (χ3n) is 3.35. The van der Waals surface area contributed by atoms with Gasteiger partial charge < -0.3 is 26.2 Å². The summed E-state index contributed by atoms with van der Waals surface area (Å²) in [6, 6.07) is 8.25. The van der Waals surface area contributed by atoms with Crippen molar-refractivity contribution in [2.45, 2.75) is 38.5 Å². The lowest BCUT2D eigenvalue weighted by Gasteiger charge is -2.17. The zero-order chi connectivity index (χ0) is 19.5. The lowest BCUT2D eigenvalue weighted by atomic mass is 10.1. The van der Waals surface area contributed by atoms with E-state index >= 15 is 0 Å². The second kappa shape index (κ2) is 10.9. The Morgan fingerprint density at radius 2 is 1.88 bits per heavy atom. The lowest BCUT2D eigenvalue weighted by molar-refractivity contribution is -0.128. The summed E-state index contributed by atoms with van der Waals surface area (Å²) in [5, 5.41) is 14.6. The van der Waals surface area contributed by atoms with Crippen molar-refractivity contribution in [2.24, 2.45) is 5.73 Å². The summed E-state index contributed by atoms with van der Waals surface area (Å²) in [6.07, 6.45) is -1.90. The molecule has 26 heavy (non-hydrogen) atoms. The van der Waals surface area contributed by atoms with Crippen LogP contribution < -0.4 is 16.4 Å². The molecule has 0 aliphatic carbocycles. The summed E-state index contributed by atoms with van der Waals surface area (Å²) in [7, 11) is 0. The SMILES string of the molecule is C=C(C)C[C@@H](NC(=O)C[C@@H](O)CNC(=O)OCc1ccccc1)C(N)=O. The zero-order valence-electron chi connectivity index (χ0n) is 14.7. The second-order valence-electron chi connectivity index (χ2n) is 5.98. The molecule has 0 aromatic heterocycles. The van der Waals surface area contributed by atoms with Crippen LogP contribution in [0.5, 0.6) is 0 Å². The molecule has 1 rings (SSSR count). The highest BCUT2D eigenvalue weighted by atomic mass is 16.5. The van der Waals surface area contributed by atoms with Crippen LogP contribution >= 0.6 is 0 Å². The third kappa shape index (κ3) is 8.84. The minimum atomic E-state index is -1.13. The van der Waals surface area contributed by atoms with Crippen LogP contribution in [0.3, 0.4) is 0 Å². The quantitative estimate of drug-likeness (QED) is 0.452. The molecule has 0 radical (unpaired) electrons. The van der Waals surface area contributed by atoms with Gasteiger partial charge in [0.25, 0.3) is 0 Å². The highest BCUT2D eigenvalue weighted by Gasteiger charge is 2.20. The van der Waals surface area contributed by atoms with Gasteiger partial charge in [0.15, 0.2) is 0 Å². The van der Waals surface area contributed by atoms with Crippen LogP contribution in [-0.4, -0.2) is 41.7 Å². The Morgan fingerprint density at radius 1 is 1.23 bits per heavy atom. The summed E-state index contributed by atoms with van der Waals surface area (Å²) >= 11 is 0. The number of aliphatic hydroxyl groups is 1. The molecule has 1 aromatic carbocycles. The van der Waals surface area contributed by atoms with Gasteiger partial charge in [-0.3, -0.25) is 9.59 Å². The van der Waals surface area contributed by atoms with Crippen molar-refractivity contribution in [3.05, 3.63) is 48.0 Å². The normalized spacial score (nSPS) is 12.5. The maximum atomic E-state index is 11.9. The highest BCUT2D eigenvalue weighted by Crippen LogP contribution is 2.03. The predicted molar refractivity (Wildman–Crippen MR) is 95.8 cm³/mol. The molecule has 142 valence electrons. The van der Waals surface area contributed by atoms with E-state index in [4.69, 9.17) is 10.5 Å². The molecule has 0 saturated carbocycles. The minimum absolute atomic E-state index is 0.102. The molecule has 8 heteroatoms. The molecule has 0 spiro atoms. The van der Waals surface area contributed by atoms with Crippen LogP contribution in [0.1, 0.15) is 25.3 Å². The van der Waals surface area contributed by atoms with Gasteiger partial charge in [0.05, 0.1) is 12.5 Å². The van der Waals surface area contributed by atoms with Gasteiger partial charge >= 0.3 is 6.09 Å². The summed E-state index contributed by atoms with van der Waals surface area (Å²) in [6.45, 7) is 5.31. The molecule has 2 atom stereocenters. The van der Waals surface area contributed by atoms with Crippen LogP contribution in [0, 0.1) is 0 Å². The number of ether oxygens (including phenoxy) is 1. The molecule has 0 aliphatic heterocycles. The van der Waals surface area contributed by atoms with Crippen molar-refractivity contribution in [1.82, 2.24) is 10.6 Å². The van der Waals surface area contributed by atoms with Crippen LogP contribution in [0.2, 0.25) is 0 Å². The fourth-order valence-corrected chi connectivity index (χ4v) is 2.09. The van der Waals surface area contributed by atoms with Crippen molar-refractivity contribution in [3.63, 3.8) is 0 Å². The number of rotatable bonds is 10. The highest BCUT2D eigenvalue weighted by molar-refractivity contribution is 5.87. The minimum Gasteiger partial charge on any atom is -0.445 e. The fraction of sp³-hybridized carbons (Fsp3) is 0.389. The average Bonchev–Trinajstić information content (AvgIpc) is 2.58. The molecule has 0 unspecified atom stereocenters. The Hall–Kier alpha value is -2.87. The van der Waals surface area contributed by atoms with Gasteiger partial charge in [-0.1, -0.05) is 35.9 Å². The largest absolute Gasteiger partial charge is 0.445 e. The summed E-state index contributed by atoms with van der Waals surface area (Å²) in [5.41, 5.74) is 6.74. The molecule has 3 amide bonds. The first kappa shape index (κ1) is 21.2. The van der Waals surface area contributed by atoms with E-state index in [0.717, 1.165) is 5.56 Å². The molecule has 1 aromatic rings. The molecule has 0 heterocycles. The second-order valence-corrected chi connectivity index (χ2v) is 5.98. The summed E-state index contributed by atoms with van der Waals surface area (Å²) in [4.78, 5) is 34.7. The van der Waals surface area contributed by atoms with Gasteiger partial charge in [-0.15, -0.1) is 6.58 Å². The van der Waals surface area contributed by atoms with Crippen molar-refractivity contribution >= 4 is 17.9 Å². The maximum Gasteiger partial charge on any atom is 0.407 e. The van der Waals surface area contributed by atoms with Gasteiger partial charge in [-0.05, 0) is 18.9 Å². The third-order valence-corrected chi connectivity index (χ3v) is 3.35. The maximum absolute atomic E-state index is 11.9. The number of carbonyl (C=O) groups excluding carboxylic acids is 3. The number of amides is 3. The van der Waals surface area contributed by atoms with E-state index in [9.17, 15) is 19.5 Å². The molecule has 8 nitrogen and oxygen atoms in total. The number of alkyl carbamates (subject to hydrolysis) is 1. The Bertz CT molecular complexity index is 633. The van der Waals surface area contributed by atoms with Crippen LogP contribution in [0.25, 0.3) is 0 Å². The average molecular weight is 363 g/mol. The van der Waals surface area contributed by atoms with Gasteiger partial charge in [-0.25, -0.2) is 4.79 Å². The number of aliphatic hydroxyl groups excluding tert-OH is 1.